The maximum Gasteiger partial charge on any atom is 0.340 e. The number of benzene rings is 2. The van der Waals surface area contributed by atoms with Crippen LogP contribution >= 0.6 is 23.4 Å². The number of esters is 1. The maximum absolute atomic E-state index is 12.3. The lowest BCUT2D eigenvalue weighted by Crippen LogP contribution is -2.06. The molecule has 0 amide bonds. The van der Waals surface area contributed by atoms with Crippen LogP contribution in [0, 0.1) is 0 Å². The van der Waals surface area contributed by atoms with Gasteiger partial charge >= 0.3 is 5.97 Å². The summed E-state index contributed by atoms with van der Waals surface area (Å²) in [6, 6.07) is 12.5. The van der Waals surface area contributed by atoms with E-state index in [-0.39, 0.29) is 12.5 Å². The molecule has 26 heavy (non-hydrogen) atoms. The van der Waals surface area contributed by atoms with Crippen LogP contribution in [-0.2, 0) is 11.3 Å². The van der Waals surface area contributed by atoms with Crippen molar-refractivity contribution in [3.8, 4) is 17.1 Å². The second-order valence-electron chi connectivity index (χ2n) is 5.13. The number of methoxy groups -OCH3 is 1. The number of carbonyl (C=O) groups excluding carboxylic acids is 1. The quantitative estimate of drug-likeness (QED) is 0.453. The third-order valence-electron chi connectivity index (χ3n) is 3.54. The van der Waals surface area contributed by atoms with Crippen LogP contribution in [0.2, 0.25) is 5.02 Å². The van der Waals surface area contributed by atoms with Gasteiger partial charge < -0.3 is 14.0 Å². The minimum Gasteiger partial charge on any atom is -0.496 e. The molecule has 134 valence electrons. The number of thioether (sulfide) groups is 1. The van der Waals surface area contributed by atoms with E-state index < -0.39 is 5.97 Å². The van der Waals surface area contributed by atoms with Gasteiger partial charge in [0.05, 0.1) is 23.3 Å². The molecule has 1 heterocycles. The van der Waals surface area contributed by atoms with Gasteiger partial charge in [0.25, 0.3) is 5.89 Å². The molecule has 0 aliphatic rings. The van der Waals surface area contributed by atoms with Crippen molar-refractivity contribution in [3.63, 3.8) is 0 Å². The van der Waals surface area contributed by atoms with Gasteiger partial charge in [-0.1, -0.05) is 28.9 Å². The molecular formula is C18H15ClN2O4S. The Morgan fingerprint density at radius 3 is 2.85 bits per heavy atom. The van der Waals surface area contributed by atoms with Crippen molar-refractivity contribution in [1.82, 2.24) is 10.1 Å². The summed E-state index contributed by atoms with van der Waals surface area (Å²) in [6.07, 6.45) is 1.91. The molecule has 8 heteroatoms. The first-order valence-electron chi connectivity index (χ1n) is 7.59. The van der Waals surface area contributed by atoms with E-state index in [9.17, 15) is 4.79 Å². The molecule has 0 aliphatic carbocycles. The highest BCUT2D eigenvalue weighted by Gasteiger charge is 2.17. The van der Waals surface area contributed by atoms with E-state index >= 15 is 0 Å². The molecule has 3 rings (SSSR count). The van der Waals surface area contributed by atoms with Crippen LogP contribution in [0.4, 0.5) is 0 Å². The second kappa shape index (κ2) is 8.25. The highest BCUT2D eigenvalue weighted by atomic mass is 35.5. The van der Waals surface area contributed by atoms with Crippen LogP contribution in [0.25, 0.3) is 11.4 Å². The molecule has 3 aromatic rings. The number of rotatable bonds is 6. The van der Waals surface area contributed by atoms with Crippen molar-refractivity contribution in [1.29, 1.82) is 0 Å². The summed E-state index contributed by atoms with van der Waals surface area (Å²) < 4.78 is 15.7. The van der Waals surface area contributed by atoms with E-state index in [1.807, 2.05) is 30.5 Å². The maximum atomic E-state index is 12.3. The third-order valence-corrected chi connectivity index (χ3v) is 4.59. The van der Waals surface area contributed by atoms with E-state index in [0.29, 0.717) is 27.7 Å². The SMILES string of the molecule is COc1ccccc1-c1noc(COC(=O)c2cc(SC)ccc2Cl)n1. The third kappa shape index (κ3) is 4.00. The molecule has 6 nitrogen and oxygen atoms in total. The van der Waals surface area contributed by atoms with Crippen LogP contribution in [0.1, 0.15) is 16.2 Å². The molecular weight excluding hydrogens is 376 g/mol. The molecule has 1 aromatic heterocycles. The number of nitrogens with zero attached hydrogens (tertiary/aromatic N) is 2. The molecule has 0 bridgehead atoms. The zero-order chi connectivity index (χ0) is 18.5. The zero-order valence-electron chi connectivity index (χ0n) is 14.1. The van der Waals surface area contributed by atoms with Gasteiger partial charge in [-0.15, -0.1) is 11.8 Å². The van der Waals surface area contributed by atoms with Gasteiger partial charge in [0.2, 0.25) is 5.82 Å². The van der Waals surface area contributed by atoms with E-state index in [1.165, 1.54) is 11.8 Å². The molecule has 0 radical (unpaired) electrons. The normalized spacial score (nSPS) is 10.6. The first-order valence-corrected chi connectivity index (χ1v) is 9.19. The van der Waals surface area contributed by atoms with Crippen LogP contribution in [0.3, 0.4) is 0 Å². The molecule has 0 saturated carbocycles. The standard InChI is InChI=1S/C18H15ClN2O4S/c1-23-15-6-4-3-5-12(15)17-20-16(25-21-17)10-24-18(22)13-9-11(26-2)7-8-14(13)19/h3-9H,10H2,1-2H3. The first kappa shape index (κ1) is 18.3. The Labute approximate surface area is 159 Å². The average molecular weight is 391 g/mol. The summed E-state index contributed by atoms with van der Waals surface area (Å²) >= 11 is 7.58. The molecule has 0 aliphatic heterocycles. The van der Waals surface area contributed by atoms with Crippen LogP contribution in [0.15, 0.2) is 51.9 Å². The van der Waals surface area contributed by atoms with Gasteiger partial charge in [0.15, 0.2) is 6.61 Å². The lowest BCUT2D eigenvalue weighted by molar-refractivity contribution is 0.0429. The van der Waals surface area contributed by atoms with Crippen molar-refractivity contribution >= 4 is 29.3 Å². The molecule has 0 saturated heterocycles. The highest BCUT2D eigenvalue weighted by Crippen LogP contribution is 2.27. The predicted octanol–water partition coefficient (Wildman–Crippen LogP) is 4.48. The summed E-state index contributed by atoms with van der Waals surface area (Å²) in [7, 11) is 1.56. The Bertz CT molecular complexity index is 929. The lowest BCUT2D eigenvalue weighted by atomic mass is 10.2. The Balaban J connectivity index is 1.71. The smallest absolute Gasteiger partial charge is 0.340 e. The van der Waals surface area contributed by atoms with Gasteiger partial charge in [-0.2, -0.15) is 4.98 Å². The monoisotopic (exact) mass is 390 g/mol. The van der Waals surface area contributed by atoms with Crippen molar-refractivity contribution in [2.45, 2.75) is 11.5 Å². The zero-order valence-corrected chi connectivity index (χ0v) is 15.6. The van der Waals surface area contributed by atoms with E-state index in [2.05, 4.69) is 10.1 Å². The number of carbonyl (C=O) groups is 1. The van der Waals surface area contributed by atoms with Crippen LogP contribution in [-0.4, -0.2) is 29.5 Å². The Morgan fingerprint density at radius 1 is 1.27 bits per heavy atom. The number of ether oxygens (including phenoxy) is 2. The van der Waals surface area contributed by atoms with E-state index in [1.54, 1.807) is 25.3 Å². The Morgan fingerprint density at radius 2 is 2.08 bits per heavy atom. The topological polar surface area (TPSA) is 74.5 Å². The minimum atomic E-state index is -0.553. The Hall–Kier alpha value is -2.51. The summed E-state index contributed by atoms with van der Waals surface area (Å²) in [5.41, 5.74) is 0.982. The van der Waals surface area contributed by atoms with Gasteiger partial charge in [-0.25, -0.2) is 4.79 Å². The fraction of sp³-hybridized carbons (Fsp3) is 0.167. The molecule has 0 fully saturated rings. The van der Waals surface area contributed by atoms with Gasteiger partial charge in [-0.05, 0) is 36.6 Å². The highest BCUT2D eigenvalue weighted by molar-refractivity contribution is 7.98. The lowest BCUT2D eigenvalue weighted by Gasteiger charge is -2.05. The number of halogens is 1. The molecule has 0 atom stereocenters. The number of hydrogen-bond acceptors (Lipinski definition) is 7. The van der Waals surface area contributed by atoms with Crippen molar-refractivity contribution < 1.29 is 18.8 Å². The Kier molecular flexibility index (Phi) is 5.80. The van der Waals surface area contributed by atoms with Gasteiger partial charge in [-0.3, -0.25) is 0 Å². The predicted molar refractivity (Wildman–Crippen MR) is 98.6 cm³/mol. The van der Waals surface area contributed by atoms with Crippen molar-refractivity contribution in [2.24, 2.45) is 0 Å². The first-order chi connectivity index (χ1) is 12.6. The van der Waals surface area contributed by atoms with Crippen molar-refractivity contribution in [2.75, 3.05) is 13.4 Å². The van der Waals surface area contributed by atoms with Crippen LogP contribution in [0.5, 0.6) is 5.75 Å². The molecule has 2 aromatic carbocycles. The van der Waals surface area contributed by atoms with E-state index in [0.717, 1.165) is 4.90 Å². The molecule has 0 spiro atoms. The largest absolute Gasteiger partial charge is 0.496 e. The van der Waals surface area contributed by atoms with Gasteiger partial charge in [0, 0.05) is 4.90 Å². The fourth-order valence-electron chi connectivity index (χ4n) is 2.25. The molecule has 0 unspecified atom stereocenters. The van der Waals surface area contributed by atoms with Gasteiger partial charge in [0.1, 0.15) is 5.75 Å². The number of para-hydroxylation sites is 1. The summed E-state index contributed by atoms with van der Waals surface area (Å²) in [5.74, 6) is 0.604. The summed E-state index contributed by atoms with van der Waals surface area (Å²) in [6.45, 7) is -0.152. The summed E-state index contributed by atoms with van der Waals surface area (Å²) in [5, 5.41) is 4.23. The summed E-state index contributed by atoms with van der Waals surface area (Å²) in [4.78, 5) is 17.4. The number of aromatic nitrogens is 2. The average Bonchev–Trinajstić information content (AvgIpc) is 3.15. The minimum absolute atomic E-state index is 0.152. The number of hydrogen-bond donors (Lipinski definition) is 0. The van der Waals surface area contributed by atoms with Crippen molar-refractivity contribution in [3.05, 3.63) is 58.9 Å². The molecule has 0 N–H and O–H groups in total. The van der Waals surface area contributed by atoms with E-state index in [4.69, 9.17) is 25.6 Å². The second-order valence-corrected chi connectivity index (χ2v) is 6.42. The van der Waals surface area contributed by atoms with Crippen LogP contribution < -0.4 is 4.74 Å². The fourth-order valence-corrected chi connectivity index (χ4v) is 2.88.